The first-order chi connectivity index (χ1) is 8.99. The summed E-state index contributed by atoms with van der Waals surface area (Å²) in [4.78, 5) is 0. The predicted octanol–water partition coefficient (Wildman–Crippen LogP) is 2.24. The van der Waals surface area contributed by atoms with Crippen LogP contribution in [-0.2, 0) is 7.05 Å². The van der Waals surface area contributed by atoms with Crippen LogP contribution in [0, 0.1) is 13.8 Å². The van der Waals surface area contributed by atoms with E-state index in [9.17, 15) is 0 Å². The van der Waals surface area contributed by atoms with Gasteiger partial charge in [-0.05, 0) is 54.8 Å². The molecule has 1 heterocycles. The fourth-order valence-corrected chi connectivity index (χ4v) is 2.18. The van der Waals surface area contributed by atoms with Crippen LogP contribution in [-0.4, -0.2) is 20.2 Å². The summed E-state index contributed by atoms with van der Waals surface area (Å²) in [6.07, 6.45) is 0. The van der Waals surface area contributed by atoms with Gasteiger partial charge in [-0.3, -0.25) is 0 Å². The lowest BCUT2D eigenvalue weighted by molar-refractivity contribution is 0.460. The van der Waals surface area contributed by atoms with E-state index >= 15 is 0 Å². The molecule has 0 saturated heterocycles. The van der Waals surface area contributed by atoms with E-state index in [0.717, 1.165) is 5.82 Å². The Kier molecular flexibility index (Phi) is 3.95. The largest absolute Gasteiger partial charge is 0.301 e. The SMILES string of the molecule is Cc1ccc([C@@H](C)N[C@@H](C)c2nnnn2C)cc1C. The Morgan fingerprint density at radius 2 is 1.84 bits per heavy atom. The summed E-state index contributed by atoms with van der Waals surface area (Å²) in [7, 11) is 1.86. The quantitative estimate of drug-likeness (QED) is 0.915. The first-order valence-corrected chi connectivity index (χ1v) is 6.54. The lowest BCUT2D eigenvalue weighted by atomic mass is 10.0. The first-order valence-electron chi connectivity index (χ1n) is 6.54. The molecule has 1 N–H and O–H groups in total. The Labute approximate surface area is 114 Å². The van der Waals surface area contributed by atoms with Crippen molar-refractivity contribution in [3.63, 3.8) is 0 Å². The zero-order valence-electron chi connectivity index (χ0n) is 12.2. The molecular weight excluding hydrogens is 238 g/mol. The van der Waals surface area contributed by atoms with E-state index in [4.69, 9.17) is 0 Å². The van der Waals surface area contributed by atoms with Crippen LogP contribution < -0.4 is 5.32 Å². The molecule has 0 aliphatic rings. The second-order valence-electron chi connectivity index (χ2n) is 5.11. The number of hydrogen-bond donors (Lipinski definition) is 1. The molecule has 1 aromatic carbocycles. The molecule has 2 rings (SSSR count). The Morgan fingerprint density at radius 3 is 2.42 bits per heavy atom. The number of tetrazole rings is 1. The zero-order valence-corrected chi connectivity index (χ0v) is 12.2. The Hall–Kier alpha value is -1.75. The second kappa shape index (κ2) is 5.48. The van der Waals surface area contributed by atoms with Crippen molar-refractivity contribution in [3.8, 4) is 0 Å². The number of benzene rings is 1. The number of rotatable bonds is 4. The number of hydrogen-bond acceptors (Lipinski definition) is 4. The number of nitrogens with zero attached hydrogens (tertiary/aromatic N) is 4. The van der Waals surface area contributed by atoms with Gasteiger partial charge in [0.25, 0.3) is 0 Å². The van der Waals surface area contributed by atoms with Gasteiger partial charge in [0, 0.05) is 13.1 Å². The minimum atomic E-state index is 0.108. The van der Waals surface area contributed by atoms with Gasteiger partial charge in [0.2, 0.25) is 0 Å². The van der Waals surface area contributed by atoms with Gasteiger partial charge in [-0.15, -0.1) is 5.10 Å². The van der Waals surface area contributed by atoms with Crippen LogP contribution in [0.3, 0.4) is 0 Å². The smallest absolute Gasteiger partial charge is 0.167 e. The van der Waals surface area contributed by atoms with E-state index in [1.54, 1.807) is 4.68 Å². The highest BCUT2D eigenvalue weighted by Gasteiger charge is 2.16. The molecule has 0 saturated carbocycles. The van der Waals surface area contributed by atoms with E-state index < -0.39 is 0 Å². The van der Waals surface area contributed by atoms with Crippen LogP contribution in [0.4, 0.5) is 0 Å². The summed E-state index contributed by atoms with van der Waals surface area (Å²) in [6, 6.07) is 6.93. The minimum absolute atomic E-state index is 0.108. The molecule has 0 aliphatic heterocycles. The van der Waals surface area contributed by atoms with Crippen molar-refractivity contribution in [2.75, 3.05) is 0 Å². The topological polar surface area (TPSA) is 55.6 Å². The molecule has 0 radical (unpaired) electrons. The molecule has 0 amide bonds. The van der Waals surface area contributed by atoms with Crippen LogP contribution in [0.2, 0.25) is 0 Å². The summed E-state index contributed by atoms with van der Waals surface area (Å²) in [5.41, 5.74) is 3.92. The first kappa shape index (κ1) is 13.7. The van der Waals surface area contributed by atoms with Gasteiger partial charge in [-0.2, -0.15) is 0 Å². The molecule has 0 spiro atoms. The third-order valence-electron chi connectivity index (χ3n) is 3.57. The maximum Gasteiger partial charge on any atom is 0.167 e. The molecule has 0 aliphatic carbocycles. The van der Waals surface area contributed by atoms with Gasteiger partial charge in [0.15, 0.2) is 5.82 Å². The van der Waals surface area contributed by atoms with Gasteiger partial charge in [0.1, 0.15) is 0 Å². The minimum Gasteiger partial charge on any atom is -0.301 e. The summed E-state index contributed by atoms with van der Waals surface area (Å²) < 4.78 is 1.70. The molecule has 0 fully saturated rings. The summed E-state index contributed by atoms with van der Waals surface area (Å²) >= 11 is 0. The third-order valence-corrected chi connectivity index (χ3v) is 3.57. The van der Waals surface area contributed by atoms with E-state index in [1.807, 2.05) is 7.05 Å². The molecule has 5 nitrogen and oxygen atoms in total. The molecule has 5 heteroatoms. The highest BCUT2D eigenvalue weighted by Crippen LogP contribution is 2.20. The summed E-state index contributed by atoms with van der Waals surface area (Å²) in [5, 5.41) is 15.1. The molecule has 102 valence electrons. The number of aromatic nitrogens is 4. The lowest BCUT2D eigenvalue weighted by Gasteiger charge is -2.20. The van der Waals surface area contributed by atoms with E-state index in [-0.39, 0.29) is 12.1 Å². The van der Waals surface area contributed by atoms with Crippen molar-refractivity contribution in [3.05, 3.63) is 40.7 Å². The normalized spacial score (nSPS) is 14.4. The van der Waals surface area contributed by atoms with Crippen LogP contribution in [0.25, 0.3) is 0 Å². The lowest BCUT2D eigenvalue weighted by Crippen LogP contribution is -2.25. The van der Waals surface area contributed by atoms with E-state index in [0.29, 0.717) is 0 Å². The standard InChI is InChI=1S/C14H21N5/c1-9-6-7-13(8-10(9)2)11(3)15-12(4)14-16-17-18-19(14)5/h6-8,11-12,15H,1-5H3/t11-,12+/m1/s1. The number of aryl methyl sites for hydroxylation is 3. The average molecular weight is 259 g/mol. The van der Waals surface area contributed by atoms with Crippen LogP contribution in [0.15, 0.2) is 18.2 Å². The maximum atomic E-state index is 4.03. The van der Waals surface area contributed by atoms with E-state index in [2.05, 4.69) is 66.7 Å². The summed E-state index contributed by atoms with van der Waals surface area (Å²) in [6.45, 7) is 8.50. The van der Waals surface area contributed by atoms with Crippen molar-refractivity contribution in [2.24, 2.45) is 7.05 Å². The molecule has 1 aromatic heterocycles. The Balaban J connectivity index is 2.10. The van der Waals surface area contributed by atoms with Gasteiger partial charge in [0.05, 0.1) is 6.04 Å². The average Bonchev–Trinajstić information content (AvgIpc) is 2.79. The molecule has 0 unspecified atom stereocenters. The van der Waals surface area contributed by atoms with Crippen molar-refractivity contribution in [1.82, 2.24) is 25.5 Å². The fraction of sp³-hybridized carbons (Fsp3) is 0.500. The second-order valence-corrected chi connectivity index (χ2v) is 5.11. The van der Waals surface area contributed by atoms with Crippen LogP contribution in [0.5, 0.6) is 0 Å². The van der Waals surface area contributed by atoms with Crippen molar-refractivity contribution < 1.29 is 0 Å². The zero-order chi connectivity index (χ0) is 14.0. The van der Waals surface area contributed by atoms with E-state index in [1.165, 1.54) is 16.7 Å². The molecule has 2 aromatic rings. The Morgan fingerprint density at radius 1 is 1.11 bits per heavy atom. The monoisotopic (exact) mass is 259 g/mol. The molecule has 0 bridgehead atoms. The Bertz CT molecular complexity index is 561. The molecule has 19 heavy (non-hydrogen) atoms. The third kappa shape index (κ3) is 2.98. The van der Waals surface area contributed by atoms with Gasteiger partial charge >= 0.3 is 0 Å². The van der Waals surface area contributed by atoms with Crippen molar-refractivity contribution >= 4 is 0 Å². The van der Waals surface area contributed by atoms with Gasteiger partial charge in [-0.1, -0.05) is 18.2 Å². The number of nitrogens with one attached hydrogen (secondary N) is 1. The molecular formula is C14H21N5. The maximum absolute atomic E-state index is 4.03. The van der Waals surface area contributed by atoms with Crippen LogP contribution >= 0.6 is 0 Å². The molecule has 2 atom stereocenters. The van der Waals surface area contributed by atoms with Gasteiger partial charge in [-0.25, -0.2) is 4.68 Å². The van der Waals surface area contributed by atoms with Crippen molar-refractivity contribution in [1.29, 1.82) is 0 Å². The highest BCUT2D eigenvalue weighted by molar-refractivity contribution is 5.31. The fourth-order valence-electron chi connectivity index (χ4n) is 2.18. The highest BCUT2D eigenvalue weighted by atomic mass is 15.5. The van der Waals surface area contributed by atoms with Gasteiger partial charge < -0.3 is 5.32 Å². The summed E-state index contributed by atoms with van der Waals surface area (Å²) in [5.74, 6) is 0.843. The van der Waals surface area contributed by atoms with Crippen LogP contribution in [0.1, 0.15) is 48.4 Å². The predicted molar refractivity (Wildman–Crippen MR) is 74.7 cm³/mol. The van der Waals surface area contributed by atoms with Crippen molar-refractivity contribution in [2.45, 2.75) is 39.8 Å².